The average molecular weight is 474 g/mol. The van der Waals surface area contributed by atoms with Gasteiger partial charge in [-0.05, 0) is 24.1 Å². The molecule has 1 saturated heterocycles. The standard InChI is InChI=1S/C23H25F3N6O2/c1-13(33)31-7-5-20-17(11-31)23(29-32(20)15-6-8-34-12-15)27-19-4-3-14(9-18(19)24)16-10-30(2)28-21(16)22(25)26/h3-4,9-10,15,22H,5-8,11-12H2,1-2H3,(H,27,29)/t15-/m1/s1. The van der Waals surface area contributed by atoms with E-state index in [4.69, 9.17) is 9.84 Å². The van der Waals surface area contributed by atoms with E-state index in [-0.39, 0.29) is 23.2 Å². The van der Waals surface area contributed by atoms with Crippen molar-refractivity contribution in [1.29, 1.82) is 0 Å². The van der Waals surface area contributed by atoms with Crippen molar-refractivity contribution in [2.45, 2.75) is 38.8 Å². The molecule has 8 nitrogen and oxygen atoms in total. The van der Waals surface area contributed by atoms with Crippen LogP contribution in [-0.4, -0.2) is 50.1 Å². The summed E-state index contributed by atoms with van der Waals surface area (Å²) in [6.07, 6.45) is 0.168. The van der Waals surface area contributed by atoms with Crippen LogP contribution in [0.25, 0.3) is 11.1 Å². The zero-order chi connectivity index (χ0) is 24.0. The smallest absolute Gasteiger partial charge is 0.282 e. The van der Waals surface area contributed by atoms with Gasteiger partial charge in [0.05, 0.1) is 24.9 Å². The number of nitrogens with one attached hydrogen (secondary N) is 1. The zero-order valence-corrected chi connectivity index (χ0v) is 18.9. The highest BCUT2D eigenvalue weighted by Crippen LogP contribution is 2.35. The molecule has 2 aliphatic rings. The van der Waals surface area contributed by atoms with Crippen molar-refractivity contribution in [2.24, 2.45) is 7.05 Å². The van der Waals surface area contributed by atoms with Gasteiger partial charge in [-0.25, -0.2) is 13.2 Å². The van der Waals surface area contributed by atoms with E-state index in [9.17, 15) is 13.6 Å². The van der Waals surface area contributed by atoms with E-state index in [2.05, 4.69) is 10.4 Å². The number of anilines is 2. The van der Waals surface area contributed by atoms with Gasteiger partial charge in [-0.3, -0.25) is 14.2 Å². The van der Waals surface area contributed by atoms with Crippen LogP contribution in [0.3, 0.4) is 0 Å². The number of ether oxygens (including phenoxy) is 1. The lowest BCUT2D eigenvalue weighted by Crippen LogP contribution is -2.35. The molecule has 1 aromatic carbocycles. The van der Waals surface area contributed by atoms with Gasteiger partial charge in [0.25, 0.3) is 6.43 Å². The topological polar surface area (TPSA) is 77.2 Å². The van der Waals surface area contributed by atoms with E-state index in [1.54, 1.807) is 18.0 Å². The van der Waals surface area contributed by atoms with Crippen LogP contribution in [0.15, 0.2) is 24.4 Å². The van der Waals surface area contributed by atoms with Gasteiger partial charge in [-0.2, -0.15) is 10.2 Å². The predicted molar refractivity (Wildman–Crippen MR) is 118 cm³/mol. The summed E-state index contributed by atoms with van der Waals surface area (Å²) in [4.78, 5) is 13.7. The minimum atomic E-state index is -2.77. The molecule has 2 aliphatic heterocycles. The number of amides is 1. The SMILES string of the molecule is CC(=O)N1CCc2c(c(Nc3ccc(-c4cn(C)nc4C(F)F)cc3F)nn2[C@@H]2CCOC2)C1. The maximum Gasteiger partial charge on any atom is 0.282 e. The number of fused-ring (bicyclic) bond motifs is 1. The third-order valence-electron chi connectivity index (χ3n) is 6.38. The summed E-state index contributed by atoms with van der Waals surface area (Å²) in [7, 11) is 1.54. The second kappa shape index (κ2) is 8.79. The number of aryl methyl sites for hydroxylation is 1. The lowest BCUT2D eigenvalue weighted by atomic mass is 10.0. The Morgan fingerprint density at radius 2 is 2.12 bits per heavy atom. The van der Waals surface area contributed by atoms with E-state index in [0.29, 0.717) is 44.1 Å². The van der Waals surface area contributed by atoms with Crippen LogP contribution < -0.4 is 5.32 Å². The van der Waals surface area contributed by atoms with Crippen molar-refractivity contribution < 1.29 is 22.7 Å². The third kappa shape index (κ3) is 4.04. The summed E-state index contributed by atoms with van der Waals surface area (Å²) in [5.74, 6) is -0.155. The molecule has 4 heterocycles. The molecule has 0 bridgehead atoms. The van der Waals surface area contributed by atoms with Crippen LogP contribution in [0.2, 0.25) is 0 Å². The van der Waals surface area contributed by atoms with Gasteiger partial charge in [0.15, 0.2) is 5.82 Å². The minimum absolute atomic E-state index is 0.0320. The Morgan fingerprint density at radius 3 is 2.79 bits per heavy atom. The van der Waals surface area contributed by atoms with E-state index >= 15 is 4.39 Å². The number of aromatic nitrogens is 4. The molecular weight excluding hydrogens is 449 g/mol. The predicted octanol–water partition coefficient (Wildman–Crippen LogP) is 3.97. The van der Waals surface area contributed by atoms with Gasteiger partial charge in [0, 0.05) is 56.6 Å². The van der Waals surface area contributed by atoms with Gasteiger partial charge in [-0.1, -0.05) is 6.07 Å². The largest absolute Gasteiger partial charge is 0.379 e. The fourth-order valence-corrected chi connectivity index (χ4v) is 4.63. The van der Waals surface area contributed by atoms with Gasteiger partial charge >= 0.3 is 0 Å². The number of carbonyl (C=O) groups is 1. The Bertz CT molecular complexity index is 1230. The molecule has 0 radical (unpaired) electrons. The van der Waals surface area contributed by atoms with Gasteiger partial charge in [-0.15, -0.1) is 0 Å². The van der Waals surface area contributed by atoms with Crippen molar-refractivity contribution in [3.63, 3.8) is 0 Å². The second-order valence-electron chi connectivity index (χ2n) is 8.65. The van der Waals surface area contributed by atoms with Crippen LogP contribution in [0.1, 0.15) is 42.8 Å². The highest BCUT2D eigenvalue weighted by atomic mass is 19.3. The number of carbonyl (C=O) groups excluding carboxylic acids is 1. The Labute approximate surface area is 194 Å². The third-order valence-corrected chi connectivity index (χ3v) is 6.38. The highest BCUT2D eigenvalue weighted by molar-refractivity contribution is 5.75. The van der Waals surface area contributed by atoms with Crippen LogP contribution in [0, 0.1) is 5.82 Å². The molecule has 0 saturated carbocycles. The van der Waals surface area contributed by atoms with Crippen LogP contribution in [0.5, 0.6) is 0 Å². The van der Waals surface area contributed by atoms with E-state index in [0.717, 1.165) is 17.7 Å². The first kappa shape index (κ1) is 22.5. The molecule has 5 rings (SSSR count). The van der Waals surface area contributed by atoms with Crippen molar-refractivity contribution in [2.75, 3.05) is 25.1 Å². The Kier molecular flexibility index (Phi) is 5.80. The molecule has 34 heavy (non-hydrogen) atoms. The van der Waals surface area contributed by atoms with Crippen LogP contribution in [-0.2, 0) is 29.5 Å². The fraction of sp³-hybridized carbons (Fsp3) is 0.435. The van der Waals surface area contributed by atoms with Gasteiger partial charge in [0.1, 0.15) is 11.5 Å². The van der Waals surface area contributed by atoms with Crippen LogP contribution >= 0.6 is 0 Å². The lowest BCUT2D eigenvalue weighted by molar-refractivity contribution is -0.129. The first-order valence-electron chi connectivity index (χ1n) is 11.1. The Hall–Kier alpha value is -3.34. The number of nitrogens with zero attached hydrogens (tertiary/aromatic N) is 5. The molecule has 180 valence electrons. The number of rotatable bonds is 5. The molecular formula is C23H25F3N6O2. The maximum absolute atomic E-state index is 15.1. The number of benzene rings is 1. The Morgan fingerprint density at radius 1 is 1.29 bits per heavy atom. The van der Waals surface area contributed by atoms with Crippen molar-refractivity contribution >= 4 is 17.4 Å². The minimum Gasteiger partial charge on any atom is -0.379 e. The first-order chi connectivity index (χ1) is 16.3. The Balaban J connectivity index is 1.48. The second-order valence-corrected chi connectivity index (χ2v) is 8.65. The monoisotopic (exact) mass is 474 g/mol. The molecule has 1 fully saturated rings. The molecule has 1 amide bonds. The highest BCUT2D eigenvalue weighted by Gasteiger charge is 2.30. The number of hydrogen-bond donors (Lipinski definition) is 1. The number of hydrogen-bond acceptors (Lipinski definition) is 5. The number of alkyl halides is 2. The summed E-state index contributed by atoms with van der Waals surface area (Å²) in [6, 6.07) is 4.38. The number of halogens is 3. The van der Waals surface area contributed by atoms with Gasteiger partial charge < -0.3 is 15.0 Å². The van der Waals surface area contributed by atoms with Crippen molar-refractivity contribution in [3.8, 4) is 11.1 Å². The quantitative estimate of drug-likeness (QED) is 0.606. The first-order valence-corrected chi connectivity index (χ1v) is 11.1. The molecule has 3 aromatic rings. The summed E-state index contributed by atoms with van der Waals surface area (Å²) in [5.41, 5.74) is 2.14. The summed E-state index contributed by atoms with van der Waals surface area (Å²) in [6.45, 7) is 3.73. The van der Waals surface area contributed by atoms with E-state index in [1.165, 1.54) is 29.9 Å². The lowest BCUT2D eigenvalue weighted by Gasteiger charge is -2.27. The summed E-state index contributed by atoms with van der Waals surface area (Å²) >= 11 is 0. The summed E-state index contributed by atoms with van der Waals surface area (Å²) in [5, 5.41) is 11.6. The zero-order valence-electron chi connectivity index (χ0n) is 18.9. The maximum atomic E-state index is 15.1. The molecule has 0 spiro atoms. The summed E-state index contributed by atoms with van der Waals surface area (Å²) < 4.78 is 50.6. The molecule has 0 aliphatic carbocycles. The molecule has 2 aromatic heterocycles. The molecule has 1 atom stereocenters. The molecule has 1 N–H and O–H groups in total. The van der Waals surface area contributed by atoms with Crippen molar-refractivity contribution in [1.82, 2.24) is 24.5 Å². The van der Waals surface area contributed by atoms with Crippen LogP contribution in [0.4, 0.5) is 24.7 Å². The van der Waals surface area contributed by atoms with Crippen molar-refractivity contribution in [3.05, 3.63) is 47.2 Å². The fourth-order valence-electron chi connectivity index (χ4n) is 4.63. The van der Waals surface area contributed by atoms with E-state index < -0.39 is 17.9 Å². The van der Waals surface area contributed by atoms with E-state index in [1.807, 2.05) is 4.68 Å². The molecule has 11 heteroatoms. The normalized spacial score (nSPS) is 17.9. The average Bonchev–Trinajstić information content (AvgIpc) is 3.53. The van der Waals surface area contributed by atoms with Gasteiger partial charge in [0.2, 0.25) is 5.91 Å². The molecule has 0 unspecified atom stereocenters.